The van der Waals surface area contributed by atoms with Crippen LogP contribution in [0.25, 0.3) is 0 Å². The van der Waals surface area contributed by atoms with E-state index in [9.17, 15) is 19.2 Å². The van der Waals surface area contributed by atoms with Gasteiger partial charge < -0.3 is 65.6 Å². The van der Waals surface area contributed by atoms with Crippen LogP contribution in [0.5, 0.6) is 46.0 Å². The summed E-state index contributed by atoms with van der Waals surface area (Å²) in [5.41, 5.74) is 29.5. The highest BCUT2D eigenvalue weighted by atomic mass is 16.6. The number of hydrogen-bond donors (Lipinski definition) is 4. The van der Waals surface area contributed by atoms with E-state index in [-0.39, 0.29) is 19.2 Å². The fraction of sp³-hybridized carbons (Fsp3) is 0.224. The lowest BCUT2D eigenvalue weighted by molar-refractivity contribution is -0.141. The van der Waals surface area contributed by atoms with Crippen LogP contribution in [-0.4, -0.2) is 63.0 Å². The minimum Gasteiger partial charge on any atom is -0.494 e. The van der Waals surface area contributed by atoms with Gasteiger partial charge in [0.1, 0.15) is 59.2 Å². The SMILES string of the molecule is Cc1ccc(OC(=O)C(C)Oc2ccc(N)cc2)cc1.Cc1ccc(OC(=O)CCCCCOc2ccc(N)cc2)cc1.Cc1ccc(OC(=O)COCCOc2ccc(N)cc2)cc1.Cc1ccc(OC(=O)COc2ccc(N)cc2)cc1. The zero-order valence-electron chi connectivity index (χ0n) is 48.0. The highest BCUT2D eigenvalue weighted by molar-refractivity contribution is 5.77. The molecule has 8 aromatic carbocycles. The molecule has 0 heterocycles. The molecule has 0 saturated carbocycles. The van der Waals surface area contributed by atoms with Crippen molar-refractivity contribution in [1.29, 1.82) is 0 Å². The van der Waals surface area contributed by atoms with Gasteiger partial charge in [0.25, 0.3) is 0 Å². The second-order valence-corrected chi connectivity index (χ2v) is 19.0. The first-order chi connectivity index (χ1) is 40.4. The highest BCUT2D eigenvalue weighted by Crippen LogP contribution is 2.20. The predicted molar refractivity (Wildman–Crippen MR) is 327 cm³/mol. The van der Waals surface area contributed by atoms with Gasteiger partial charge in [-0.25, -0.2) is 14.4 Å². The number of unbranched alkanes of at least 4 members (excludes halogenated alkanes) is 2. The normalized spacial score (nSPS) is 10.5. The summed E-state index contributed by atoms with van der Waals surface area (Å²) in [6.45, 7) is 10.6. The molecule has 0 aliphatic carbocycles. The van der Waals surface area contributed by atoms with Gasteiger partial charge >= 0.3 is 23.9 Å². The molecule has 8 N–H and O–H groups in total. The van der Waals surface area contributed by atoms with E-state index in [1.807, 2.05) is 113 Å². The molecular weight excluding hydrogens is 1070 g/mol. The lowest BCUT2D eigenvalue weighted by atomic mass is 10.2. The summed E-state index contributed by atoms with van der Waals surface area (Å²) in [4.78, 5) is 46.7. The second-order valence-electron chi connectivity index (χ2n) is 19.0. The zero-order valence-corrected chi connectivity index (χ0v) is 48.0. The number of anilines is 4. The predicted octanol–water partition coefficient (Wildman–Crippen LogP) is 12.2. The number of hydrogen-bond acceptors (Lipinski definition) is 17. The molecule has 17 nitrogen and oxygen atoms in total. The Morgan fingerprint density at radius 1 is 0.333 bits per heavy atom. The van der Waals surface area contributed by atoms with Crippen LogP contribution in [-0.2, 0) is 23.9 Å². The Morgan fingerprint density at radius 3 is 1.06 bits per heavy atom. The lowest BCUT2D eigenvalue weighted by Gasteiger charge is -2.14. The van der Waals surface area contributed by atoms with E-state index in [1.54, 1.807) is 116 Å². The van der Waals surface area contributed by atoms with Crippen molar-refractivity contribution in [2.45, 2.75) is 66.4 Å². The van der Waals surface area contributed by atoms with E-state index in [0.717, 1.165) is 53.0 Å². The van der Waals surface area contributed by atoms with Crippen molar-refractivity contribution in [2.75, 3.05) is 56.0 Å². The number of carbonyl (C=O) groups is 4. The molecule has 0 fully saturated rings. The number of nitrogens with two attached hydrogens (primary N) is 4. The van der Waals surface area contributed by atoms with Crippen molar-refractivity contribution in [3.8, 4) is 46.0 Å². The molecule has 0 spiro atoms. The third-order valence-corrected chi connectivity index (χ3v) is 11.5. The van der Waals surface area contributed by atoms with Gasteiger partial charge in [-0.1, -0.05) is 70.8 Å². The van der Waals surface area contributed by atoms with Crippen LogP contribution in [0.1, 0.15) is 54.9 Å². The van der Waals surface area contributed by atoms with E-state index < -0.39 is 24.0 Å². The molecule has 84 heavy (non-hydrogen) atoms. The summed E-state index contributed by atoms with van der Waals surface area (Å²) < 4.78 is 47.8. The highest BCUT2D eigenvalue weighted by Gasteiger charge is 2.17. The summed E-state index contributed by atoms with van der Waals surface area (Å²) in [6.07, 6.45) is 2.37. The maximum atomic E-state index is 11.9. The minimum absolute atomic E-state index is 0.112. The molecule has 440 valence electrons. The Morgan fingerprint density at radius 2 is 0.655 bits per heavy atom. The fourth-order valence-electron chi connectivity index (χ4n) is 6.87. The summed E-state index contributed by atoms with van der Waals surface area (Å²) in [6, 6.07) is 57.4. The Balaban J connectivity index is 0.000000205. The van der Waals surface area contributed by atoms with Gasteiger partial charge in [-0.2, -0.15) is 0 Å². The zero-order chi connectivity index (χ0) is 60.5. The number of rotatable bonds is 23. The van der Waals surface area contributed by atoms with Gasteiger partial charge in [-0.3, -0.25) is 4.79 Å². The Kier molecular flexibility index (Phi) is 27.5. The van der Waals surface area contributed by atoms with Crippen LogP contribution in [0, 0.1) is 27.7 Å². The molecule has 0 saturated heterocycles. The van der Waals surface area contributed by atoms with Crippen molar-refractivity contribution in [3.63, 3.8) is 0 Å². The summed E-state index contributed by atoms with van der Waals surface area (Å²) in [7, 11) is 0. The standard InChI is InChI=1S/C19H23NO3.C17H19NO4.C16H17NO3.C15H15NO3/c1-15-6-10-18(11-7-15)23-19(21)5-3-2-4-14-22-17-12-8-16(20)9-13-17;1-13-2-6-16(7-3-13)22-17(19)12-20-10-11-21-15-8-4-14(18)5-9-15;1-11-3-7-15(8-4-11)20-16(18)12(2)19-14-9-5-13(17)6-10-14;1-11-2-6-14(7-3-11)19-15(17)10-18-13-8-4-12(16)5-9-13/h6-13H,2-5,14,20H2,1H3;2-9H,10-12,18H2,1H3;3-10,12H,17H2,1-2H3;2-9H,10,16H2,1H3. The van der Waals surface area contributed by atoms with Crippen molar-refractivity contribution in [3.05, 3.63) is 216 Å². The third-order valence-electron chi connectivity index (χ3n) is 11.5. The van der Waals surface area contributed by atoms with Crippen LogP contribution in [0.3, 0.4) is 0 Å². The van der Waals surface area contributed by atoms with Crippen molar-refractivity contribution >= 4 is 46.6 Å². The molecule has 8 aromatic rings. The number of benzene rings is 8. The monoisotopic (exact) mass is 1140 g/mol. The largest absolute Gasteiger partial charge is 0.494 e. The molecule has 0 aliphatic rings. The Hall–Kier alpha value is -10.0. The second kappa shape index (κ2) is 35.7. The van der Waals surface area contributed by atoms with E-state index >= 15 is 0 Å². The Labute approximate surface area is 491 Å². The molecule has 0 amide bonds. The van der Waals surface area contributed by atoms with E-state index in [0.29, 0.717) is 83.6 Å². The average Bonchev–Trinajstić information content (AvgIpc) is 3.55. The number of esters is 4. The molecular formula is C67H74N4O13. The molecule has 17 heteroatoms. The van der Waals surface area contributed by atoms with Gasteiger partial charge in [0.2, 0.25) is 0 Å². The lowest BCUT2D eigenvalue weighted by Crippen LogP contribution is -2.28. The van der Waals surface area contributed by atoms with Crippen LogP contribution < -0.4 is 60.8 Å². The van der Waals surface area contributed by atoms with Gasteiger partial charge in [-0.15, -0.1) is 0 Å². The number of ether oxygens (including phenoxy) is 9. The van der Waals surface area contributed by atoms with Gasteiger partial charge in [0.15, 0.2) is 12.7 Å². The van der Waals surface area contributed by atoms with Crippen LogP contribution in [0.4, 0.5) is 22.7 Å². The topological polar surface area (TPSA) is 255 Å². The van der Waals surface area contributed by atoms with Gasteiger partial charge in [-0.05, 0) is 199 Å². The van der Waals surface area contributed by atoms with Gasteiger partial charge in [0.05, 0.1) is 13.2 Å². The van der Waals surface area contributed by atoms with Crippen LogP contribution in [0.2, 0.25) is 0 Å². The van der Waals surface area contributed by atoms with Crippen LogP contribution >= 0.6 is 0 Å². The quantitative estimate of drug-likeness (QED) is 0.0201. The van der Waals surface area contributed by atoms with Crippen molar-refractivity contribution in [1.82, 2.24) is 0 Å². The Bertz CT molecular complexity index is 3200. The third kappa shape index (κ3) is 27.0. The molecule has 0 bridgehead atoms. The molecule has 8 rings (SSSR count). The smallest absolute Gasteiger partial charge is 0.352 e. The first-order valence-corrected chi connectivity index (χ1v) is 27.1. The van der Waals surface area contributed by atoms with Crippen molar-refractivity contribution < 1.29 is 61.8 Å². The van der Waals surface area contributed by atoms with Gasteiger partial charge in [0, 0.05) is 29.2 Å². The summed E-state index contributed by atoms with van der Waals surface area (Å²) in [5.74, 6) is 3.31. The maximum absolute atomic E-state index is 11.9. The minimum atomic E-state index is -0.695. The molecule has 1 atom stereocenters. The first kappa shape index (κ1) is 64.8. The number of carbonyl (C=O) groups excluding carboxylic acids is 4. The summed E-state index contributed by atoms with van der Waals surface area (Å²) >= 11 is 0. The molecule has 1 unspecified atom stereocenters. The fourth-order valence-corrected chi connectivity index (χ4v) is 6.87. The maximum Gasteiger partial charge on any atom is 0.352 e. The summed E-state index contributed by atoms with van der Waals surface area (Å²) in [5, 5.41) is 0. The molecule has 0 aromatic heterocycles. The first-order valence-electron chi connectivity index (χ1n) is 27.1. The number of nitrogen functional groups attached to an aromatic ring is 4. The average molecular weight is 1140 g/mol. The van der Waals surface area contributed by atoms with E-state index in [4.69, 9.17) is 65.6 Å². The van der Waals surface area contributed by atoms with E-state index in [1.165, 1.54) is 0 Å². The van der Waals surface area contributed by atoms with Crippen LogP contribution in [0.15, 0.2) is 194 Å². The van der Waals surface area contributed by atoms with Crippen molar-refractivity contribution in [2.24, 2.45) is 0 Å². The molecule has 0 aliphatic heterocycles. The molecule has 0 radical (unpaired) electrons. The van der Waals surface area contributed by atoms with E-state index in [2.05, 4.69) is 0 Å². The number of aryl methyl sites for hydroxylation is 4.